The molecule has 41 heavy (non-hydrogen) atoms. The van der Waals surface area contributed by atoms with Crippen molar-refractivity contribution in [2.24, 2.45) is 9.98 Å². The number of carbonyl (C=O) groups excluding carboxylic acids is 3. The Kier molecular flexibility index (Phi) is 10.2. The zero-order valence-corrected chi connectivity index (χ0v) is 25.8. The number of isocyanates is 1. The number of rotatable bonds is 7. The van der Waals surface area contributed by atoms with E-state index in [9.17, 15) is 14.4 Å². The summed E-state index contributed by atoms with van der Waals surface area (Å²) < 4.78 is 20.2. The molecule has 2 atom stereocenters. The van der Waals surface area contributed by atoms with Gasteiger partial charge in [-0.25, -0.2) is 28.9 Å². The number of amides is 2. The molecule has 2 N–H and O–H groups in total. The number of nitrogens with one attached hydrogen (secondary N) is 2. The highest BCUT2D eigenvalue weighted by Crippen LogP contribution is 2.48. The van der Waals surface area contributed by atoms with Gasteiger partial charge >= 0.3 is 6.09 Å². The van der Waals surface area contributed by atoms with E-state index in [0.717, 1.165) is 0 Å². The maximum Gasteiger partial charge on any atom is 0.413 e. The number of halogens is 3. The second kappa shape index (κ2) is 12.9. The number of amidine groups is 1. The summed E-state index contributed by atoms with van der Waals surface area (Å²) in [5.74, 6) is -1.02. The SMILES string of the molecule is CC(C)(C)OC(=O)NC1=N[C@](C)(c2nc(NC(=O)c3ncc(Cl)cc3Cl)ccc2F)C(CCCN=C=O)SC1(C)C. The molecule has 2 aromatic rings. The van der Waals surface area contributed by atoms with Gasteiger partial charge in [0.2, 0.25) is 6.08 Å². The first-order valence-electron chi connectivity index (χ1n) is 12.7. The normalized spacial score (nSPS) is 19.9. The molecule has 2 aromatic heterocycles. The first-order chi connectivity index (χ1) is 19.1. The van der Waals surface area contributed by atoms with Crippen molar-refractivity contribution in [1.82, 2.24) is 15.3 Å². The predicted molar refractivity (Wildman–Crippen MR) is 158 cm³/mol. The van der Waals surface area contributed by atoms with Gasteiger partial charge in [0.05, 0.1) is 21.3 Å². The van der Waals surface area contributed by atoms with Gasteiger partial charge in [-0.15, -0.1) is 11.8 Å². The Bertz CT molecular complexity index is 1410. The molecule has 1 aliphatic rings. The lowest BCUT2D eigenvalue weighted by Crippen LogP contribution is -2.53. The second-order valence-corrected chi connectivity index (χ2v) is 13.6. The van der Waals surface area contributed by atoms with Crippen molar-refractivity contribution in [3.8, 4) is 0 Å². The fourth-order valence-corrected chi connectivity index (χ4v) is 6.18. The molecule has 2 amide bonds. The summed E-state index contributed by atoms with van der Waals surface area (Å²) in [6.07, 6.45) is 3.09. The number of aromatic nitrogens is 2. The van der Waals surface area contributed by atoms with Crippen LogP contribution in [0.25, 0.3) is 0 Å². The van der Waals surface area contributed by atoms with Crippen molar-refractivity contribution in [2.75, 3.05) is 11.9 Å². The minimum atomic E-state index is -1.31. The maximum atomic E-state index is 15.5. The molecule has 0 bridgehead atoms. The molecular formula is C27H31Cl2FN6O4S. The molecule has 0 saturated carbocycles. The third-order valence-corrected chi connectivity index (χ3v) is 8.24. The minimum Gasteiger partial charge on any atom is -0.444 e. The fourth-order valence-electron chi connectivity index (χ4n) is 4.11. The molecule has 3 heterocycles. The molecular weight excluding hydrogens is 594 g/mol. The number of carbonyl (C=O) groups is 2. The third kappa shape index (κ3) is 8.25. The van der Waals surface area contributed by atoms with Gasteiger partial charge in [0.25, 0.3) is 5.91 Å². The largest absolute Gasteiger partial charge is 0.444 e. The van der Waals surface area contributed by atoms with E-state index in [-0.39, 0.29) is 44.9 Å². The highest BCUT2D eigenvalue weighted by molar-refractivity contribution is 8.02. The van der Waals surface area contributed by atoms with E-state index in [2.05, 4.69) is 25.6 Å². The van der Waals surface area contributed by atoms with E-state index >= 15 is 4.39 Å². The monoisotopic (exact) mass is 624 g/mol. The zero-order valence-electron chi connectivity index (χ0n) is 23.5. The number of aliphatic imine (C=N–C) groups is 2. The molecule has 0 radical (unpaired) electrons. The number of nitrogens with zero attached hydrogens (tertiary/aromatic N) is 4. The zero-order chi connectivity index (χ0) is 30.6. The lowest BCUT2D eigenvalue weighted by atomic mass is 9.89. The quantitative estimate of drug-likeness (QED) is 0.209. The van der Waals surface area contributed by atoms with Gasteiger partial charge in [0.1, 0.15) is 40.0 Å². The van der Waals surface area contributed by atoms with Gasteiger partial charge in [0, 0.05) is 11.4 Å². The minimum absolute atomic E-state index is 0.0377. The smallest absolute Gasteiger partial charge is 0.413 e. The van der Waals surface area contributed by atoms with Crippen LogP contribution in [0.3, 0.4) is 0 Å². The first-order valence-corrected chi connectivity index (χ1v) is 14.3. The maximum absolute atomic E-state index is 15.5. The van der Waals surface area contributed by atoms with E-state index < -0.39 is 33.7 Å². The average molecular weight is 626 g/mol. The van der Waals surface area contributed by atoms with E-state index in [0.29, 0.717) is 12.8 Å². The molecule has 10 nitrogen and oxygen atoms in total. The topological polar surface area (TPSA) is 135 Å². The third-order valence-electron chi connectivity index (χ3n) is 5.99. The Hall–Kier alpha value is -3.05. The van der Waals surface area contributed by atoms with Crippen LogP contribution in [0.2, 0.25) is 10.0 Å². The Morgan fingerprint density at radius 3 is 2.56 bits per heavy atom. The summed E-state index contributed by atoms with van der Waals surface area (Å²) in [6, 6.07) is 3.86. The second-order valence-electron chi connectivity index (χ2n) is 10.9. The highest BCUT2D eigenvalue weighted by atomic mass is 35.5. The van der Waals surface area contributed by atoms with E-state index in [1.165, 1.54) is 42.2 Å². The Morgan fingerprint density at radius 1 is 1.22 bits per heavy atom. The number of hydrogen-bond donors (Lipinski definition) is 2. The summed E-state index contributed by atoms with van der Waals surface area (Å²) in [6.45, 7) is 10.9. The summed E-state index contributed by atoms with van der Waals surface area (Å²) in [5.41, 5.74) is -2.19. The number of ether oxygens (including phenoxy) is 1. The van der Waals surface area contributed by atoms with Crippen LogP contribution in [0, 0.1) is 5.82 Å². The van der Waals surface area contributed by atoms with Crippen LogP contribution >= 0.6 is 35.0 Å². The molecule has 0 spiro atoms. The van der Waals surface area contributed by atoms with Gasteiger partial charge in [0.15, 0.2) is 0 Å². The van der Waals surface area contributed by atoms with Crippen LogP contribution in [-0.2, 0) is 15.1 Å². The molecule has 0 fully saturated rings. The van der Waals surface area contributed by atoms with Gasteiger partial charge in [-0.3, -0.25) is 15.1 Å². The Labute approximate surface area is 252 Å². The number of pyridine rings is 2. The number of hydrogen-bond acceptors (Lipinski definition) is 9. The van der Waals surface area contributed by atoms with Crippen molar-refractivity contribution < 1.29 is 23.5 Å². The van der Waals surface area contributed by atoms with Crippen molar-refractivity contribution in [3.63, 3.8) is 0 Å². The van der Waals surface area contributed by atoms with Crippen LogP contribution in [0.1, 0.15) is 70.6 Å². The van der Waals surface area contributed by atoms with Crippen LogP contribution < -0.4 is 10.6 Å². The molecule has 1 aliphatic heterocycles. The summed E-state index contributed by atoms with van der Waals surface area (Å²) in [5, 5.41) is 5.27. The Morgan fingerprint density at radius 2 is 1.93 bits per heavy atom. The first kappa shape index (κ1) is 32.5. The van der Waals surface area contributed by atoms with E-state index in [4.69, 9.17) is 32.9 Å². The van der Waals surface area contributed by atoms with Crippen molar-refractivity contribution in [2.45, 2.75) is 75.5 Å². The number of thioether (sulfide) groups is 1. The van der Waals surface area contributed by atoms with Crippen molar-refractivity contribution in [3.05, 3.63) is 51.6 Å². The molecule has 0 aromatic carbocycles. The lowest BCUT2D eigenvalue weighted by molar-refractivity contribution is 0.0560. The highest BCUT2D eigenvalue weighted by Gasteiger charge is 2.49. The van der Waals surface area contributed by atoms with Gasteiger partial charge < -0.3 is 10.1 Å². The number of alkyl carbamates (subject to hydrolysis) is 1. The molecule has 0 saturated heterocycles. The van der Waals surface area contributed by atoms with Gasteiger partial charge in [-0.2, -0.15) is 0 Å². The van der Waals surface area contributed by atoms with Crippen molar-refractivity contribution >= 4 is 64.7 Å². The van der Waals surface area contributed by atoms with Gasteiger partial charge in [-0.1, -0.05) is 23.2 Å². The molecule has 0 aliphatic carbocycles. The molecule has 220 valence electrons. The summed E-state index contributed by atoms with van der Waals surface area (Å²) >= 11 is 13.5. The molecule has 14 heteroatoms. The van der Waals surface area contributed by atoms with E-state index in [1.54, 1.807) is 27.7 Å². The molecule has 3 rings (SSSR count). The predicted octanol–water partition coefficient (Wildman–Crippen LogP) is 6.32. The van der Waals surface area contributed by atoms with E-state index in [1.807, 2.05) is 13.8 Å². The van der Waals surface area contributed by atoms with Crippen molar-refractivity contribution in [1.29, 1.82) is 0 Å². The number of anilines is 1. The summed E-state index contributed by atoms with van der Waals surface area (Å²) in [4.78, 5) is 53.0. The van der Waals surface area contributed by atoms with Crippen LogP contribution in [0.4, 0.5) is 15.0 Å². The summed E-state index contributed by atoms with van der Waals surface area (Å²) in [7, 11) is 0. The Balaban J connectivity index is 2.05. The van der Waals surface area contributed by atoms with Crippen LogP contribution in [0.5, 0.6) is 0 Å². The van der Waals surface area contributed by atoms with Crippen LogP contribution in [-0.4, -0.2) is 56.0 Å². The fraction of sp³-hybridized carbons (Fsp3) is 0.481. The van der Waals surface area contributed by atoms with Gasteiger partial charge in [-0.05, 0) is 72.6 Å². The standard InChI is InChI=1S/C27H31Cl2FN6O4S/c1-25(2,3)40-24(39)35-23-26(4,5)41-18(8-7-11-31-14-37)27(6,36-23)21-17(30)9-10-19(33-21)34-22(38)20-16(29)12-15(28)13-32-20/h9-10,12-13,18H,7-8,11H2,1-6H3,(H,33,34,38)(H,35,36,39)/t18?,27-/m0/s1. The lowest BCUT2D eigenvalue weighted by Gasteiger charge is -2.44. The molecule has 1 unspecified atom stereocenters. The van der Waals surface area contributed by atoms with Crippen LogP contribution in [0.15, 0.2) is 34.4 Å². The average Bonchev–Trinajstić information content (AvgIpc) is 2.84.